The Hall–Kier alpha value is 0.400. The third-order valence-electron chi connectivity index (χ3n) is 5.17. The summed E-state index contributed by atoms with van der Waals surface area (Å²) < 4.78 is 15.2. The molecule has 2 heterocycles. The first kappa shape index (κ1) is 16.3. The van der Waals surface area contributed by atoms with Crippen molar-refractivity contribution in [2.75, 3.05) is 19.7 Å². The highest BCUT2D eigenvalue weighted by Crippen LogP contribution is 2.71. The first-order chi connectivity index (χ1) is 10.0. The minimum Gasteiger partial charge on any atom is -0.376 e. The highest BCUT2D eigenvalue weighted by Gasteiger charge is 2.51. The number of fused-ring (bicyclic) bond motifs is 1. The third kappa shape index (κ3) is 3.35. The van der Waals surface area contributed by atoms with E-state index in [2.05, 4.69) is 43.4 Å². The van der Waals surface area contributed by atoms with Crippen molar-refractivity contribution in [1.29, 1.82) is 0 Å². The average molecular weight is 329 g/mol. The normalized spacial score (nSPS) is 44.5. The topological polar surface area (TPSA) is 21.7 Å². The second-order valence-corrected chi connectivity index (χ2v) is 10.7. The summed E-state index contributed by atoms with van der Waals surface area (Å²) in [6, 6.07) is 0. The number of rotatable bonds is 3. The van der Waals surface area contributed by atoms with Crippen molar-refractivity contribution < 1.29 is 9.26 Å². The number of allylic oxidation sites excluding steroid dienone is 1. The molecule has 3 rings (SSSR count). The molecule has 3 nitrogen and oxygen atoms in total. The van der Waals surface area contributed by atoms with Crippen LogP contribution in [0.5, 0.6) is 0 Å². The first-order valence-electron chi connectivity index (χ1n) is 8.19. The zero-order valence-corrected chi connectivity index (χ0v) is 15.2. The van der Waals surface area contributed by atoms with E-state index in [-0.39, 0.29) is 0 Å². The Morgan fingerprint density at radius 2 is 2.33 bits per heavy atom. The third-order valence-corrected chi connectivity index (χ3v) is 10.1. The molecule has 0 aromatic rings. The fourth-order valence-corrected chi connectivity index (χ4v) is 8.70. The van der Waals surface area contributed by atoms with Crippen LogP contribution < -0.4 is 0 Å². The molecule has 120 valence electrons. The van der Waals surface area contributed by atoms with Crippen LogP contribution in [-0.4, -0.2) is 41.3 Å². The number of nitrogens with zero attached hydrogens (tertiary/aromatic N) is 1. The molecule has 3 aliphatic rings. The summed E-state index contributed by atoms with van der Waals surface area (Å²) >= 11 is 2.11. The van der Waals surface area contributed by atoms with Gasteiger partial charge in [0.2, 0.25) is 0 Å². The molecule has 2 aliphatic heterocycles. The standard InChI is InChI=1S/C16H28NO2PS/c1-5-14-11-17(8-9-18-14)20-19-15-10-13(12(2)3)6-7-16(15,4)21-20/h13-15H,2,5-11H2,1,3-4H3/t13-,14+,15+,16+,20+/m0/s1. The molecule has 0 radical (unpaired) electrons. The molecular weight excluding hydrogens is 301 g/mol. The second-order valence-electron chi connectivity index (χ2n) is 6.87. The smallest absolute Gasteiger partial charge is 0.170 e. The molecule has 0 unspecified atom stereocenters. The van der Waals surface area contributed by atoms with E-state index in [0.29, 0.717) is 22.9 Å². The van der Waals surface area contributed by atoms with E-state index < -0.39 is 7.50 Å². The molecule has 0 aromatic carbocycles. The molecule has 0 aromatic heterocycles. The van der Waals surface area contributed by atoms with Gasteiger partial charge in [0, 0.05) is 17.8 Å². The van der Waals surface area contributed by atoms with Gasteiger partial charge in [-0.05, 0) is 45.4 Å². The number of morpholine rings is 1. The SMILES string of the molecule is C=C(C)[C@H]1CC[C@@]2(C)S[P@](N3CCO[C@H](CC)C3)O[C@@H]2C1. The summed E-state index contributed by atoms with van der Waals surface area (Å²) in [5.41, 5.74) is 1.33. The predicted molar refractivity (Wildman–Crippen MR) is 91.5 cm³/mol. The Labute approximate surface area is 134 Å². The summed E-state index contributed by atoms with van der Waals surface area (Å²) in [4.78, 5) is 0. The number of hydrogen-bond acceptors (Lipinski definition) is 4. The van der Waals surface area contributed by atoms with E-state index in [4.69, 9.17) is 9.26 Å². The maximum Gasteiger partial charge on any atom is 0.170 e. The maximum atomic E-state index is 6.54. The Balaban J connectivity index is 1.64. The van der Waals surface area contributed by atoms with Crippen LogP contribution in [0.15, 0.2) is 12.2 Å². The molecule has 5 atom stereocenters. The van der Waals surface area contributed by atoms with Gasteiger partial charge in [-0.3, -0.25) is 0 Å². The Morgan fingerprint density at radius 3 is 3.05 bits per heavy atom. The van der Waals surface area contributed by atoms with Crippen LogP contribution in [0.4, 0.5) is 0 Å². The molecule has 21 heavy (non-hydrogen) atoms. The number of ether oxygens (including phenoxy) is 1. The largest absolute Gasteiger partial charge is 0.376 e. The van der Waals surface area contributed by atoms with Crippen molar-refractivity contribution in [3.63, 3.8) is 0 Å². The van der Waals surface area contributed by atoms with Gasteiger partial charge in [0.05, 0.1) is 18.8 Å². The van der Waals surface area contributed by atoms with Gasteiger partial charge in [0.25, 0.3) is 0 Å². The van der Waals surface area contributed by atoms with Crippen LogP contribution in [0.25, 0.3) is 0 Å². The van der Waals surface area contributed by atoms with E-state index in [9.17, 15) is 0 Å². The van der Waals surface area contributed by atoms with Gasteiger partial charge in [-0.1, -0.05) is 30.5 Å². The predicted octanol–water partition coefficient (Wildman–Crippen LogP) is 4.59. The highest BCUT2D eigenvalue weighted by atomic mass is 32.7. The van der Waals surface area contributed by atoms with Gasteiger partial charge >= 0.3 is 0 Å². The minimum absolute atomic E-state index is 0.317. The molecule has 3 fully saturated rings. The molecule has 0 bridgehead atoms. The van der Waals surface area contributed by atoms with Crippen LogP contribution in [0.2, 0.25) is 0 Å². The number of hydrogen-bond donors (Lipinski definition) is 0. The van der Waals surface area contributed by atoms with Crippen LogP contribution in [0, 0.1) is 5.92 Å². The van der Waals surface area contributed by atoms with Crippen molar-refractivity contribution >= 4 is 18.9 Å². The van der Waals surface area contributed by atoms with E-state index in [1.165, 1.54) is 24.8 Å². The summed E-state index contributed by atoms with van der Waals surface area (Å²) in [6.07, 6.45) is 5.61. The molecule has 5 heteroatoms. The maximum absolute atomic E-state index is 6.54. The van der Waals surface area contributed by atoms with E-state index >= 15 is 0 Å². The molecular formula is C16H28NO2PS. The van der Waals surface area contributed by atoms with Gasteiger partial charge < -0.3 is 9.26 Å². The van der Waals surface area contributed by atoms with E-state index in [1.54, 1.807) is 0 Å². The fraction of sp³-hybridized carbons (Fsp3) is 0.875. The van der Waals surface area contributed by atoms with Gasteiger partial charge in [-0.15, -0.1) is 0 Å². The Kier molecular flexibility index (Phi) is 5.03. The lowest BCUT2D eigenvalue weighted by Gasteiger charge is -2.37. The van der Waals surface area contributed by atoms with Crippen molar-refractivity contribution in [2.45, 2.75) is 63.4 Å². The van der Waals surface area contributed by atoms with Crippen LogP contribution >= 0.6 is 18.9 Å². The van der Waals surface area contributed by atoms with Gasteiger partial charge in [0.15, 0.2) is 7.50 Å². The second kappa shape index (κ2) is 6.49. The zero-order chi connectivity index (χ0) is 15.0. The quantitative estimate of drug-likeness (QED) is 0.557. The van der Waals surface area contributed by atoms with E-state index in [1.807, 2.05) is 0 Å². The lowest BCUT2D eigenvalue weighted by molar-refractivity contribution is -0.00554. The summed E-state index contributed by atoms with van der Waals surface area (Å²) in [5, 5.41) is 0. The van der Waals surface area contributed by atoms with Crippen molar-refractivity contribution in [1.82, 2.24) is 4.67 Å². The van der Waals surface area contributed by atoms with E-state index in [0.717, 1.165) is 26.1 Å². The highest BCUT2D eigenvalue weighted by molar-refractivity contribution is 8.54. The summed E-state index contributed by atoms with van der Waals surface area (Å²) in [6.45, 7) is 13.9. The molecule has 0 amide bonds. The Morgan fingerprint density at radius 1 is 1.52 bits per heavy atom. The molecule has 1 saturated carbocycles. The fourth-order valence-electron chi connectivity index (χ4n) is 3.49. The average Bonchev–Trinajstić information content (AvgIpc) is 2.83. The van der Waals surface area contributed by atoms with Crippen molar-refractivity contribution in [3.05, 3.63) is 12.2 Å². The molecule has 2 saturated heterocycles. The van der Waals surface area contributed by atoms with Crippen LogP contribution in [0.3, 0.4) is 0 Å². The summed E-state index contributed by atoms with van der Waals surface area (Å²) in [7, 11) is -0.493. The lowest BCUT2D eigenvalue weighted by Crippen LogP contribution is -2.39. The zero-order valence-electron chi connectivity index (χ0n) is 13.5. The van der Waals surface area contributed by atoms with Gasteiger partial charge in [-0.2, -0.15) is 0 Å². The van der Waals surface area contributed by atoms with Gasteiger partial charge in [-0.25, -0.2) is 4.67 Å². The minimum atomic E-state index is -0.493. The van der Waals surface area contributed by atoms with Gasteiger partial charge in [0.1, 0.15) is 0 Å². The molecule has 1 aliphatic carbocycles. The Bertz CT molecular complexity index is 408. The summed E-state index contributed by atoms with van der Waals surface area (Å²) in [5.74, 6) is 0.659. The lowest BCUT2D eigenvalue weighted by atomic mass is 9.77. The van der Waals surface area contributed by atoms with Crippen LogP contribution in [0.1, 0.15) is 46.5 Å². The monoisotopic (exact) mass is 329 g/mol. The van der Waals surface area contributed by atoms with Crippen molar-refractivity contribution in [3.8, 4) is 0 Å². The van der Waals surface area contributed by atoms with Crippen LogP contribution in [-0.2, 0) is 9.26 Å². The van der Waals surface area contributed by atoms with Crippen molar-refractivity contribution in [2.24, 2.45) is 5.92 Å². The first-order valence-corrected chi connectivity index (χ1v) is 10.8. The molecule has 0 spiro atoms. The molecule has 0 N–H and O–H groups in total.